The zero-order valence-corrected chi connectivity index (χ0v) is 9.67. The maximum absolute atomic E-state index is 11.6. The Morgan fingerprint density at radius 1 is 1.00 bits per heavy atom. The molecule has 90 valence electrons. The van der Waals surface area contributed by atoms with E-state index in [4.69, 9.17) is 5.11 Å². The van der Waals surface area contributed by atoms with Crippen LogP contribution in [0.25, 0.3) is 10.8 Å². The molecule has 1 N–H and O–H groups in total. The largest absolute Gasteiger partial charge is 0.478 e. The van der Waals surface area contributed by atoms with Crippen LogP contribution in [-0.2, 0) is 16.0 Å². The van der Waals surface area contributed by atoms with Crippen LogP contribution in [0.5, 0.6) is 0 Å². The first-order valence-electron chi connectivity index (χ1n) is 5.57. The van der Waals surface area contributed by atoms with E-state index in [0.717, 1.165) is 28.5 Å². The van der Waals surface area contributed by atoms with E-state index in [1.807, 2.05) is 42.5 Å². The zero-order chi connectivity index (χ0) is 13.0. The van der Waals surface area contributed by atoms with Gasteiger partial charge in [-0.1, -0.05) is 42.5 Å². The highest BCUT2D eigenvalue weighted by Crippen LogP contribution is 2.19. The molecule has 0 aliphatic carbocycles. The van der Waals surface area contributed by atoms with E-state index < -0.39 is 5.97 Å². The maximum atomic E-state index is 11.6. The fraction of sp³-hybridized carbons (Fsp3) is 0.0667. The first-order chi connectivity index (χ1) is 8.66. The Hall–Kier alpha value is -2.42. The summed E-state index contributed by atoms with van der Waals surface area (Å²) in [7, 11) is 0. The topological polar surface area (TPSA) is 54.4 Å². The molecular weight excluding hydrogens is 228 g/mol. The Morgan fingerprint density at radius 3 is 2.50 bits per heavy atom. The summed E-state index contributed by atoms with van der Waals surface area (Å²) in [5.41, 5.74) is 0.910. The van der Waals surface area contributed by atoms with Gasteiger partial charge in [0, 0.05) is 12.5 Å². The summed E-state index contributed by atoms with van der Waals surface area (Å²) in [5, 5.41) is 10.6. The van der Waals surface area contributed by atoms with Gasteiger partial charge in [0.05, 0.1) is 0 Å². The van der Waals surface area contributed by atoms with Crippen LogP contribution < -0.4 is 0 Å². The molecule has 0 spiro atoms. The van der Waals surface area contributed by atoms with Gasteiger partial charge in [0.2, 0.25) is 0 Å². The van der Waals surface area contributed by atoms with Crippen LogP contribution in [0.3, 0.4) is 0 Å². The molecule has 0 saturated heterocycles. The Bertz CT molecular complexity index is 621. The van der Waals surface area contributed by atoms with Gasteiger partial charge in [0.15, 0.2) is 5.78 Å². The van der Waals surface area contributed by atoms with Gasteiger partial charge in [-0.25, -0.2) is 4.79 Å². The number of benzene rings is 2. The van der Waals surface area contributed by atoms with Gasteiger partial charge in [-0.05, 0) is 22.4 Å². The number of hydrogen-bond acceptors (Lipinski definition) is 2. The number of carbonyl (C=O) groups is 2. The third-order valence-corrected chi connectivity index (χ3v) is 2.66. The number of allylic oxidation sites excluding steroid dienone is 1. The second-order valence-electron chi connectivity index (χ2n) is 3.95. The van der Waals surface area contributed by atoms with Crippen LogP contribution in [0, 0.1) is 0 Å². The summed E-state index contributed by atoms with van der Waals surface area (Å²) < 4.78 is 0. The van der Waals surface area contributed by atoms with E-state index in [-0.39, 0.29) is 12.2 Å². The van der Waals surface area contributed by atoms with E-state index in [2.05, 4.69) is 0 Å². The standard InChI is InChI=1S/C15H12O3/c16-13(8-9-15(17)18)10-12-6-3-5-11-4-1-2-7-14(11)12/h1-9H,10H2,(H,17,18)/b9-8-. The summed E-state index contributed by atoms with van der Waals surface area (Å²) in [4.78, 5) is 21.9. The predicted octanol–water partition coefficient (Wildman–Crippen LogP) is 2.59. The predicted molar refractivity (Wildman–Crippen MR) is 69.4 cm³/mol. The molecule has 0 radical (unpaired) electrons. The number of carboxylic acid groups (broad SMARTS) is 1. The van der Waals surface area contributed by atoms with E-state index in [9.17, 15) is 9.59 Å². The van der Waals surface area contributed by atoms with Crippen molar-refractivity contribution in [1.29, 1.82) is 0 Å². The quantitative estimate of drug-likeness (QED) is 0.836. The Kier molecular flexibility index (Phi) is 3.53. The lowest BCUT2D eigenvalue weighted by molar-refractivity contribution is -0.131. The van der Waals surface area contributed by atoms with Gasteiger partial charge in [-0.15, -0.1) is 0 Å². The van der Waals surface area contributed by atoms with Gasteiger partial charge in [-0.2, -0.15) is 0 Å². The summed E-state index contributed by atoms with van der Waals surface area (Å²) in [6, 6.07) is 13.6. The monoisotopic (exact) mass is 240 g/mol. The van der Waals surface area contributed by atoms with E-state index in [1.54, 1.807) is 0 Å². The normalized spacial score (nSPS) is 10.9. The van der Waals surface area contributed by atoms with Crippen molar-refractivity contribution in [2.75, 3.05) is 0 Å². The molecule has 0 atom stereocenters. The Labute approximate surface area is 104 Å². The summed E-state index contributed by atoms with van der Waals surface area (Å²) in [6.45, 7) is 0. The molecule has 18 heavy (non-hydrogen) atoms. The molecule has 0 fully saturated rings. The van der Waals surface area contributed by atoms with E-state index in [0.29, 0.717) is 0 Å². The fourth-order valence-corrected chi connectivity index (χ4v) is 1.86. The number of hydrogen-bond donors (Lipinski definition) is 1. The minimum absolute atomic E-state index is 0.213. The molecule has 2 aromatic rings. The first kappa shape index (κ1) is 12.0. The summed E-state index contributed by atoms with van der Waals surface area (Å²) in [6.07, 6.45) is 2.18. The molecule has 0 aliphatic rings. The second kappa shape index (κ2) is 5.27. The zero-order valence-electron chi connectivity index (χ0n) is 9.67. The molecule has 2 rings (SSSR count). The highest BCUT2D eigenvalue weighted by atomic mass is 16.4. The average molecular weight is 240 g/mol. The highest BCUT2D eigenvalue weighted by molar-refractivity contribution is 5.98. The van der Waals surface area contributed by atoms with Gasteiger partial charge in [-0.3, -0.25) is 4.79 Å². The number of ketones is 1. The lowest BCUT2D eigenvalue weighted by Crippen LogP contribution is -2.00. The van der Waals surface area contributed by atoms with Gasteiger partial charge in [0.25, 0.3) is 0 Å². The van der Waals surface area contributed by atoms with Crippen molar-refractivity contribution in [3.05, 3.63) is 60.2 Å². The maximum Gasteiger partial charge on any atom is 0.328 e. The summed E-state index contributed by atoms with van der Waals surface area (Å²) in [5.74, 6) is -1.32. The van der Waals surface area contributed by atoms with Crippen molar-refractivity contribution in [3.63, 3.8) is 0 Å². The number of carbonyl (C=O) groups excluding carboxylic acids is 1. The molecule has 0 unspecified atom stereocenters. The molecule has 3 nitrogen and oxygen atoms in total. The minimum atomic E-state index is -1.11. The Morgan fingerprint density at radius 2 is 1.72 bits per heavy atom. The van der Waals surface area contributed by atoms with Gasteiger partial charge < -0.3 is 5.11 Å². The number of aliphatic carboxylic acids is 1. The second-order valence-corrected chi connectivity index (χ2v) is 3.95. The van der Waals surface area contributed by atoms with Gasteiger partial charge in [0.1, 0.15) is 0 Å². The molecule has 0 heterocycles. The molecule has 0 aliphatic heterocycles. The number of carboxylic acids is 1. The molecule has 0 saturated carbocycles. The molecule has 0 amide bonds. The minimum Gasteiger partial charge on any atom is -0.478 e. The van der Waals surface area contributed by atoms with Crippen molar-refractivity contribution in [2.24, 2.45) is 0 Å². The Balaban J connectivity index is 2.27. The molecule has 2 aromatic carbocycles. The lowest BCUT2D eigenvalue weighted by Gasteiger charge is -2.04. The van der Waals surface area contributed by atoms with Crippen molar-refractivity contribution < 1.29 is 14.7 Å². The first-order valence-corrected chi connectivity index (χ1v) is 5.57. The van der Waals surface area contributed by atoms with E-state index in [1.165, 1.54) is 0 Å². The van der Waals surface area contributed by atoms with Crippen molar-refractivity contribution in [3.8, 4) is 0 Å². The van der Waals surface area contributed by atoms with Crippen molar-refractivity contribution >= 4 is 22.5 Å². The lowest BCUT2D eigenvalue weighted by atomic mass is 10.0. The van der Waals surface area contributed by atoms with Crippen molar-refractivity contribution in [1.82, 2.24) is 0 Å². The van der Waals surface area contributed by atoms with Gasteiger partial charge >= 0.3 is 5.97 Å². The third-order valence-electron chi connectivity index (χ3n) is 2.66. The van der Waals surface area contributed by atoms with Crippen LogP contribution >= 0.6 is 0 Å². The van der Waals surface area contributed by atoms with Crippen molar-refractivity contribution in [2.45, 2.75) is 6.42 Å². The summed E-state index contributed by atoms with van der Waals surface area (Å²) >= 11 is 0. The average Bonchev–Trinajstić information content (AvgIpc) is 2.37. The number of rotatable bonds is 4. The van der Waals surface area contributed by atoms with Crippen LogP contribution in [0.2, 0.25) is 0 Å². The SMILES string of the molecule is O=C(O)/C=C\C(=O)Cc1cccc2ccccc12. The molecule has 0 aromatic heterocycles. The fourth-order valence-electron chi connectivity index (χ4n) is 1.86. The van der Waals surface area contributed by atoms with Crippen LogP contribution in [0.15, 0.2) is 54.6 Å². The number of fused-ring (bicyclic) bond motifs is 1. The van der Waals surface area contributed by atoms with E-state index >= 15 is 0 Å². The van der Waals surface area contributed by atoms with Crippen LogP contribution in [0.4, 0.5) is 0 Å². The third kappa shape index (κ3) is 2.83. The van der Waals surface area contributed by atoms with Crippen LogP contribution in [-0.4, -0.2) is 16.9 Å². The smallest absolute Gasteiger partial charge is 0.328 e. The molecule has 0 bridgehead atoms. The molecule has 3 heteroatoms. The van der Waals surface area contributed by atoms with Crippen LogP contribution in [0.1, 0.15) is 5.56 Å². The highest BCUT2D eigenvalue weighted by Gasteiger charge is 2.04. The molecular formula is C15H12O3.